The van der Waals surface area contributed by atoms with E-state index in [0.717, 1.165) is 25.1 Å². The maximum atomic E-state index is 13.8. The number of halogens is 4. The van der Waals surface area contributed by atoms with Gasteiger partial charge in [0, 0.05) is 29.5 Å². The summed E-state index contributed by atoms with van der Waals surface area (Å²) in [4.78, 5) is 4.40. The van der Waals surface area contributed by atoms with E-state index >= 15 is 0 Å². The number of aromatic nitrogens is 4. The molecule has 0 amide bonds. The Morgan fingerprint density at radius 1 is 1.05 bits per heavy atom. The lowest BCUT2D eigenvalue weighted by Crippen LogP contribution is -2.14. The molecule has 0 spiro atoms. The third-order valence-electron chi connectivity index (χ3n) is 6.98. The molecule has 0 radical (unpaired) electrons. The highest BCUT2D eigenvalue weighted by atomic mass is 35.5. The second-order valence-electron chi connectivity index (χ2n) is 9.67. The molecule has 5 aromatic rings. The quantitative estimate of drug-likeness (QED) is 0.192. The Kier molecular flexibility index (Phi) is 7.41. The third-order valence-corrected chi connectivity index (χ3v) is 7.56. The molecular formula is C29H22Cl2F2N8. The van der Waals surface area contributed by atoms with Crippen LogP contribution in [0.3, 0.4) is 0 Å². The van der Waals surface area contributed by atoms with Crippen LogP contribution in [0.25, 0.3) is 10.9 Å². The highest BCUT2D eigenvalue weighted by Gasteiger charge is 2.23. The van der Waals surface area contributed by atoms with Crippen LogP contribution in [0.15, 0.2) is 67.0 Å². The summed E-state index contributed by atoms with van der Waals surface area (Å²) in [5.41, 5.74) is 3.65. The number of benzene rings is 3. The minimum Gasteiger partial charge on any atom is -0.373 e. The number of nitrogens with one attached hydrogen (secondary N) is 3. The Balaban J connectivity index is 1.42. The molecule has 1 aliphatic heterocycles. The van der Waals surface area contributed by atoms with Gasteiger partial charge in [0.25, 0.3) is 0 Å². The van der Waals surface area contributed by atoms with Gasteiger partial charge in [0.2, 0.25) is 0 Å². The van der Waals surface area contributed by atoms with Gasteiger partial charge in [-0.2, -0.15) is 5.26 Å². The van der Waals surface area contributed by atoms with Gasteiger partial charge in [0.15, 0.2) is 0 Å². The predicted molar refractivity (Wildman–Crippen MR) is 155 cm³/mol. The average molecular weight is 591 g/mol. The first-order valence-corrected chi connectivity index (χ1v) is 13.5. The van der Waals surface area contributed by atoms with Gasteiger partial charge >= 0.3 is 0 Å². The molecule has 206 valence electrons. The van der Waals surface area contributed by atoms with Crippen molar-refractivity contribution < 1.29 is 8.78 Å². The fraction of sp³-hybridized carbons (Fsp3) is 0.172. The molecule has 8 nitrogen and oxygen atoms in total. The summed E-state index contributed by atoms with van der Waals surface area (Å²) in [5.74, 6) is -0.909. The number of rotatable bonds is 7. The summed E-state index contributed by atoms with van der Waals surface area (Å²) < 4.78 is 29.4. The van der Waals surface area contributed by atoms with Gasteiger partial charge in [-0.3, -0.25) is 4.98 Å². The minimum atomic E-state index is -0.556. The molecule has 41 heavy (non-hydrogen) atoms. The van der Waals surface area contributed by atoms with Crippen molar-refractivity contribution in [3.63, 3.8) is 0 Å². The summed E-state index contributed by atoms with van der Waals surface area (Å²) >= 11 is 12.7. The number of nitriles is 1. The van der Waals surface area contributed by atoms with Gasteiger partial charge in [0.1, 0.15) is 23.4 Å². The molecule has 3 N–H and O–H groups in total. The SMILES string of the molecule is N#Cc1cnc2c(Cl)cc(NC(c3ccc(F)cc3)c3cn([C@H]4CCNC4)nn3)cc2c1Nc1ccc(F)c(Cl)c1. The largest absolute Gasteiger partial charge is 0.373 e. The predicted octanol–water partition coefficient (Wildman–Crippen LogP) is 6.76. The van der Waals surface area contributed by atoms with Crippen LogP contribution < -0.4 is 16.0 Å². The van der Waals surface area contributed by atoms with Gasteiger partial charge in [-0.1, -0.05) is 40.5 Å². The van der Waals surface area contributed by atoms with Gasteiger partial charge < -0.3 is 16.0 Å². The Labute approximate surface area is 243 Å². The maximum Gasteiger partial charge on any atom is 0.141 e. The molecular weight excluding hydrogens is 569 g/mol. The number of pyridine rings is 1. The molecule has 2 aromatic heterocycles. The Hall–Kier alpha value is -4.30. The van der Waals surface area contributed by atoms with Gasteiger partial charge in [-0.15, -0.1) is 5.10 Å². The summed E-state index contributed by atoms with van der Waals surface area (Å²) in [7, 11) is 0. The number of hydrogen-bond donors (Lipinski definition) is 3. The van der Waals surface area contributed by atoms with Crippen molar-refractivity contribution in [1.82, 2.24) is 25.3 Å². The van der Waals surface area contributed by atoms with Crippen LogP contribution in [-0.2, 0) is 0 Å². The Bertz CT molecular complexity index is 1780. The standard InChI is InChI=1S/C29H22Cl2F2N8/c30-23-10-19(5-6-25(23)33)37-27-17(12-34)13-36-29-22(27)9-20(11-24(29)31)38-28(16-1-3-18(32)4-2-16)26-15-41(40-39-26)21-7-8-35-14-21/h1-6,9-11,13,15,21,28,35,38H,7-8,14H2,(H,36,37)/t21-,28?/m0/s1. The van der Waals surface area contributed by atoms with Crippen molar-refractivity contribution in [2.45, 2.75) is 18.5 Å². The van der Waals surface area contributed by atoms with Crippen LogP contribution in [0.5, 0.6) is 0 Å². The lowest BCUT2D eigenvalue weighted by molar-refractivity contribution is 0.476. The lowest BCUT2D eigenvalue weighted by Gasteiger charge is -2.20. The summed E-state index contributed by atoms with van der Waals surface area (Å²) in [6.45, 7) is 1.72. The maximum absolute atomic E-state index is 13.8. The second kappa shape index (κ2) is 11.3. The van der Waals surface area contributed by atoms with Crippen LogP contribution in [-0.4, -0.2) is 33.1 Å². The first kappa shape index (κ1) is 26.9. The third kappa shape index (κ3) is 5.52. The first-order chi connectivity index (χ1) is 19.9. The van der Waals surface area contributed by atoms with Gasteiger partial charge in [0.05, 0.1) is 45.1 Å². The molecule has 3 heterocycles. The smallest absolute Gasteiger partial charge is 0.141 e. The molecule has 2 atom stereocenters. The van der Waals surface area contributed by atoms with E-state index in [1.807, 2.05) is 16.9 Å². The fourth-order valence-corrected chi connectivity index (χ4v) is 5.35. The fourth-order valence-electron chi connectivity index (χ4n) is 4.90. The zero-order valence-corrected chi connectivity index (χ0v) is 22.9. The first-order valence-electron chi connectivity index (χ1n) is 12.8. The van der Waals surface area contributed by atoms with E-state index < -0.39 is 11.9 Å². The number of anilines is 3. The van der Waals surface area contributed by atoms with E-state index in [-0.39, 0.29) is 22.4 Å². The minimum absolute atomic E-state index is 0.0594. The number of hydrogen-bond acceptors (Lipinski definition) is 7. The molecule has 0 aliphatic carbocycles. The Morgan fingerprint density at radius 2 is 1.85 bits per heavy atom. The summed E-state index contributed by atoms with van der Waals surface area (Å²) in [6.07, 6.45) is 4.26. The van der Waals surface area contributed by atoms with Crippen molar-refractivity contribution in [2.75, 3.05) is 23.7 Å². The molecule has 6 rings (SSSR count). The van der Waals surface area contributed by atoms with E-state index in [1.54, 1.807) is 18.2 Å². The highest BCUT2D eigenvalue weighted by Crippen LogP contribution is 2.37. The monoisotopic (exact) mass is 590 g/mol. The van der Waals surface area contributed by atoms with Crippen molar-refractivity contribution in [3.8, 4) is 6.07 Å². The molecule has 0 bridgehead atoms. The highest BCUT2D eigenvalue weighted by molar-refractivity contribution is 6.36. The van der Waals surface area contributed by atoms with Crippen molar-refractivity contribution in [1.29, 1.82) is 5.26 Å². The van der Waals surface area contributed by atoms with Crippen LogP contribution in [0.2, 0.25) is 10.0 Å². The van der Waals surface area contributed by atoms with Crippen molar-refractivity contribution in [3.05, 3.63) is 105 Å². The van der Waals surface area contributed by atoms with E-state index in [1.165, 1.54) is 36.5 Å². The van der Waals surface area contributed by atoms with Gasteiger partial charge in [-0.25, -0.2) is 13.5 Å². The molecule has 1 aliphatic rings. The van der Waals surface area contributed by atoms with Gasteiger partial charge in [-0.05, 0) is 61.0 Å². The number of fused-ring (bicyclic) bond motifs is 1. The molecule has 1 unspecified atom stereocenters. The van der Waals surface area contributed by atoms with E-state index in [2.05, 4.69) is 37.3 Å². The van der Waals surface area contributed by atoms with E-state index in [4.69, 9.17) is 23.2 Å². The zero-order chi connectivity index (χ0) is 28.5. The van der Waals surface area contributed by atoms with E-state index in [0.29, 0.717) is 38.7 Å². The summed E-state index contributed by atoms with van der Waals surface area (Å²) in [5, 5.41) is 29.4. The van der Waals surface area contributed by atoms with Crippen LogP contribution in [0, 0.1) is 23.0 Å². The number of nitrogens with zero attached hydrogens (tertiary/aromatic N) is 5. The van der Waals surface area contributed by atoms with Crippen LogP contribution >= 0.6 is 23.2 Å². The van der Waals surface area contributed by atoms with Crippen LogP contribution in [0.1, 0.15) is 35.3 Å². The normalized spacial score (nSPS) is 15.5. The average Bonchev–Trinajstić information content (AvgIpc) is 3.67. The Morgan fingerprint density at radius 3 is 2.59 bits per heavy atom. The van der Waals surface area contributed by atoms with E-state index in [9.17, 15) is 14.0 Å². The topological polar surface area (TPSA) is 103 Å². The van der Waals surface area contributed by atoms with Crippen molar-refractivity contribution in [2.24, 2.45) is 0 Å². The van der Waals surface area contributed by atoms with Crippen LogP contribution in [0.4, 0.5) is 25.8 Å². The molecule has 1 fully saturated rings. The second-order valence-corrected chi connectivity index (χ2v) is 10.5. The lowest BCUT2D eigenvalue weighted by atomic mass is 10.0. The summed E-state index contributed by atoms with van der Waals surface area (Å²) in [6, 6.07) is 15.7. The molecule has 3 aromatic carbocycles. The molecule has 0 saturated carbocycles. The van der Waals surface area contributed by atoms with Crippen molar-refractivity contribution >= 4 is 51.2 Å². The molecule has 1 saturated heterocycles. The molecule has 12 heteroatoms. The zero-order valence-electron chi connectivity index (χ0n) is 21.4.